The fourth-order valence-corrected chi connectivity index (χ4v) is 4.71. The van der Waals surface area contributed by atoms with Crippen LogP contribution in [0.5, 0.6) is 5.75 Å². The Bertz CT molecular complexity index is 1100. The van der Waals surface area contributed by atoms with Gasteiger partial charge in [0.15, 0.2) is 0 Å². The molecule has 3 aromatic rings. The Labute approximate surface area is 184 Å². The number of morpholine rings is 1. The third-order valence-corrected chi connectivity index (χ3v) is 6.96. The lowest BCUT2D eigenvalue weighted by Crippen LogP contribution is -2.39. The minimum atomic E-state index is -3.86. The third kappa shape index (κ3) is 5.15. The van der Waals surface area contributed by atoms with Crippen LogP contribution in [0.4, 0.5) is 0 Å². The lowest BCUT2D eigenvalue weighted by molar-refractivity contribution is -0.0431. The van der Waals surface area contributed by atoms with Crippen LogP contribution >= 0.6 is 0 Å². The molecule has 1 fully saturated rings. The molecule has 0 radical (unpaired) electrons. The molecule has 1 saturated heterocycles. The molecule has 1 aliphatic rings. The van der Waals surface area contributed by atoms with E-state index in [1.54, 1.807) is 36.4 Å². The molecule has 31 heavy (non-hydrogen) atoms. The number of benzene rings is 3. The number of aryl methyl sites for hydroxylation is 1. The predicted octanol–water partition coefficient (Wildman–Crippen LogP) is 4.90. The summed E-state index contributed by atoms with van der Waals surface area (Å²) in [5.74, 6) is 0.287. The van der Waals surface area contributed by atoms with Crippen molar-refractivity contribution in [2.24, 2.45) is 0 Å². The van der Waals surface area contributed by atoms with Gasteiger partial charge >= 0.3 is 10.1 Å². The first-order valence-corrected chi connectivity index (χ1v) is 11.8. The van der Waals surface area contributed by atoms with Crippen molar-refractivity contribution in [2.75, 3.05) is 19.7 Å². The van der Waals surface area contributed by atoms with E-state index >= 15 is 0 Å². The molecule has 0 bridgehead atoms. The van der Waals surface area contributed by atoms with Crippen molar-refractivity contribution in [3.8, 4) is 5.75 Å². The van der Waals surface area contributed by atoms with Crippen LogP contribution < -0.4 is 4.18 Å². The molecule has 6 heteroatoms. The van der Waals surface area contributed by atoms with E-state index in [1.165, 1.54) is 5.56 Å². The molecule has 0 saturated carbocycles. The van der Waals surface area contributed by atoms with Gasteiger partial charge in [0.05, 0.1) is 12.7 Å². The largest absolute Gasteiger partial charge is 0.379 e. The summed E-state index contributed by atoms with van der Waals surface area (Å²) in [7, 11) is -3.86. The Morgan fingerprint density at radius 2 is 1.65 bits per heavy atom. The van der Waals surface area contributed by atoms with Gasteiger partial charge < -0.3 is 8.92 Å². The van der Waals surface area contributed by atoms with Gasteiger partial charge in [0.1, 0.15) is 10.6 Å². The van der Waals surface area contributed by atoms with Crippen molar-refractivity contribution in [2.45, 2.75) is 30.9 Å². The van der Waals surface area contributed by atoms with E-state index in [4.69, 9.17) is 8.92 Å². The second kappa shape index (κ2) is 9.22. The maximum absolute atomic E-state index is 12.5. The molecule has 0 spiro atoms. The Morgan fingerprint density at radius 1 is 0.968 bits per heavy atom. The average molecular weight is 438 g/mol. The topological polar surface area (TPSA) is 55.8 Å². The van der Waals surface area contributed by atoms with Crippen molar-refractivity contribution in [1.29, 1.82) is 0 Å². The fraction of sp³-hybridized carbons (Fsp3) is 0.280. The summed E-state index contributed by atoms with van der Waals surface area (Å²) in [6.07, 6.45) is -0.0670. The first kappa shape index (κ1) is 21.6. The van der Waals surface area contributed by atoms with Gasteiger partial charge in [-0.2, -0.15) is 8.42 Å². The molecule has 5 nitrogen and oxygen atoms in total. The highest BCUT2D eigenvalue weighted by Crippen LogP contribution is 2.30. The zero-order chi connectivity index (χ0) is 21.8. The Kier molecular flexibility index (Phi) is 6.41. The molecule has 1 aliphatic heterocycles. The minimum absolute atomic E-state index is 0.0670. The highest BCUT2D eigenvalue weighted by atomic mass is 32.2. The van der Waals surface area contributed by atoms with Crippen LogP contribution in [0.2, 0.25) is 0 Å². The van der Waals surface area contributed by atoms with Crippen LogP contribution in [-0.2, 0) is 14.9 Å². The summed E-state index contributed by atoms with van der Waals surface area (Å²) >= 11 is 0. The summed E-state index contributed by atoms with van der Waals surface area (Å²) in [4.78, 5) is 2.55. The maximum Gasteiger partial charge on any atom is 0.339 e. The standard InChI is InChI=1S/C25H27NO4S/c1-19-8-14-24(15-9-19)31(27,28)30-23-12-10-22(11-13-23)25-18-26(16-17-29-25)20(2)21-6-4-3-5-7-21/h3-15,20,25H,16-18H2,1-2H3/t20-,25-/m0/s1. The number of hydrogen-bond acceptors (Lipinski definition) is 5. The lowest BCUT2D eigenvalue weighted by Gasteiger charge is -2.37. The molecule has 0 aromatic heterocycles. The van der Waals surface area contributed by atoms with Crippen molar-refractivity contribution in [3.63, 3.8) is 0 Å². The van der Waals surface area contributed by atoms with E-state index in [0.29, 0.717) is 12.6 Å². The van der Waals surface area contributed by atoms with Crippen LogP contribution in [-0.4, -0.2) is 33.0 Å². The highest BCUT2D eigenvalue weighted by molar-refractivity contribution is 7.87. The van der Waals surface area contributed by atoms with Crippen LogP contribution in [0.15, 0.2) is 83.8 Å². The molecular weight excluding hydrogens is 410 g/mol. The van der Waals surface area contributed by atoms with E-state index in [0.717, 1.165) is 24.2 Å². The Morgan fingerprint density at radius 3 is 2.32 bits per heavy atom. The van der Waals surface area contributed by atoms with E-state index in [1.807, 2.05) is 25.1 Å². The van der Waals surface area contributed by atoms with Gasteiger partial charge in [-0.25, -0.2) is 0 Å². The smallest absolute Gasteiger partial charge is 0.339 e. The lowest BCUT2D eigenvalue weighted by atomic mass is 10.0. The number of hydrogen-bond donors (Lipinski definition) is 0. The molecule has 0 unspecified atom stereocenters. The molecule has 3 aromatic carbocycles. The molecular formula is C25H27NO4S. The first-order chi connectivity index (χ1) is 14.9. The normalized spacial score (nSPS) is 18.5. The van der Waals surface area contributed by atoms with E-state index in [2.05, 4.69) is 36.1 Å². The minimum Gasteiger partial charge on any atom is -0.379 e. The number of nitrogens with zero attached hydrogens (tertiary/aromatic N) is 1. The molecule has 2 atom stereocenters. The van der Waals surface area contributed by atoms with Crippen molar-refractivity contribution < 1.29 is 17.3 Å². The van der Waals surface area contributed by atoms with E-state index in [9.17, 15) is 8.42 Å². The van der Waals surface area contributed by atoms with Crippen LogP contribution in [0.25, 0.3) is 0 Å². The molecule has 0 amide bonds. The molecule has 1 heterocycles. The summed E-state index contributed by atoms with van der Waals surface area (Å²) in [5.41, 5.74) is 3.28. The monoisotopic (exact) mass is 437 g/mol. The summed E-state index contributed by atoms with van der Waals surface area (Å²) in [6, 6.07) is 24.5. The van der Waals surface area contributed by atoms with E-state index in [-0.39, 0.29) is 16.7 Å². The van der Waals surface area contributed by atoms with Crippen LogP contribution in [0.1, 0.15) is 35.8 Å². The van der Waals surface area contributed by atoms with Gasteiger partial charge in [-0.05, 0) is 49.2 Å². The zero-order valence-electron chi connectivity index (χ0n) is 17.8. The summed E-state index contributed by atoms with van der Waals surface area (Å²) < 4.78 is 36.3. The average Bonchev–Trinajstić information content (AvgIpc) is 2.80. The first-order valence-electron chi connectivity index (χ1n) is 10.4. The second-order valence-corrected chi connectivity index (χ2v) is 9.41. The molecule has 0 aliphatic carbocycles. The quantitative estimate of drug-likeness (QED) is 0.514. The maximum atomic E-state index is 12.5. The van der Waals surface area contributed by atoms with Gasteiger partial charge in [0.25, 0.3) is 0 Å². The van der Waals surface area contributed by atoms with Gasteiger partial charge in [-0.3, -0.25) is 4.90 Å². The zero-order valence-corrected chi connectivity index (χ0v) is 18.6. The summed E-state index contributed by atoms with van der Waals surface area (Å²) in [6.45, 7) is 6.43. The van der Waals surface area contributed by atoms with Gasteiger partial charge in [0, 0.05) is 19.1 Å². The number of ether oxygens (including phenoxy) is 1. The van der Waals surface area contributed by atoms with Crippen molar-refractivity contribution in [3.05, 3.63) is 95.6 Å². The molecule has 4 rings (SSSR count). The van der Waals surface area contributed by atoms with Crippen molar-refractivity contribution in [1.82, 2.24) is 4.90 Å². The van der Waals surface area contributed by atoms with Gasteiger partial charge in [-0.1, -0.05) is 60.2 Å². The molecule has 162 valence electrons. The van der Waals surface area contributed by atoms with Crippen LogP contribution in [0, 0.1) is 6.92 Å². The Hall–Kier alpha value is -2.67. The van der Waals surface area contributed by atoms with Crippen molar-refractivity contribution >= 4 is 10.1 Å². The predicted molar refractivity (Wildman–Crippen MR) is 121 cm³/mol. The Balaban J connectivity index is 1.43. The summed E-state index contributed by atoms with van der Waals surface area (Å²) in [5, 5.41) is 0. The SMILES string of the molecule is Cc1ccc(S(=O)(=O)Oc2ccc([C@@H]3CN([C@@H](C)c4ccccc4)CCO3)cc2)cc1. The highest BCUT2D eigenvalue weighted by Gasteiger charge is 2.26. The van der Waals surface area contributed by atoms with Gasteiger partial charge in [-0.15, -0.1) is 0 Å². The van der Waals surface area contributed by atoms with Crippen LogP contribution in [0.3, 0.4) is 0 Å². The van der Waals surface area contributed by atoms with Gasteiger partial charge in [0.2, 0.25) is 0 Å². The third-order valence-electron chi connectivity index (χ3n) is 5.70. The molecule has 0 N–H and O–H groups in total. The second-order valence-electron chi connectivity index (χ2n) is 7.86. The van der Waals surface area contributed by atoms with E-state index < -0.39 is 10.1 Å². The number of rotatable bonds is 6. The fourth-order valence-electron chi connectivity index (χ4n) is 3.78.